The number of aromatic nitrogens is 1. The molecule has 6 heteroatoms. The lowest BCUT2D eigenvalue weighted by molar-refractivity contribution is 0.0149. The van der Waals surface area contributed by atoms with Gasteiger partial charge in [0.25, 0.3) is 5.91 Å². The highest BCUT2D eigenvalue weighted by Crippen LogP contribution is 1.99. The summed E-state index contributed by atoms with van der Waals surface area (Å²) in [5.41, 5.74) is 0.577. The van der Waals surface area contributed by atoms with Crippen molar-refractivity contribution in [1.29, 1.82) is 0 Å². The van der Waals surface area contributed by atoms with Gasteiger partial charge in [-0.1, -0.05) is 0 Å². The van der Waals surface area contributed by atoms with E-state index in [0.29, 0.717) is 25.3 Å². The Morgan fingerprint density at radius 3 is 3.00 bits per heavy atom. The summed E-state index contributed by atoms with van der Waals surface area (Å²) < 4.78 is 5.23. The van der Waals surface area contributed by atoms with Crippen LogP contribution >= 0.6 is 0 Å². The summed E-state index contributed by atoms with van der Waals surface area (Å²) in [6.45, 7) is 3.93. The summed E-state index contributed by atoms with van der Waals surface area (Å²) in [5.74, 6) is -0.169. The minimum Gasteiger partial charge on any atom is -0.390 e. The predicted octanol–water partition coefficient (Wildman–Crippen LogP) is -0.562. The van der Waals surface area contributed by atoms with Crippen LogP contribution in [0.2, 0.25) is 0 Å². The maximum absolute atomic E-state index is 11.6. The van der Waals surface area contributed by atoms with Gasteiger partial charge in [-0.05, 0) is 6.07 Å². The molecule has 6 nitrogen and oxygen atoms in total. The maximum Gasteiger partial charge on any atom is 0.252 e. The molecule has 0 aromatic carbocycles. The van der Waals surface area contributed by atoms with Crippen LogP contribution in [0.15, 0.2) is 18.5 Å². The normalized spacial score (nSPS) is 18.5. The number of morpholine rings is 1. The number of amides is 1. The highest BCUT2D eigenvalue weighted by Gasteiger charge is 2.15. The number of aromatic amines is 1. The van der Waals surface area contributed by atoms with Gasteiger partial charge in [0, 0.05) is 38.6 Å². The van der Waals surface area contributed by atoms with Gasteiger partial charge >= 0.3 is 0 Å². The zero-order valence-electron chi connectivity index (χ0n) is 10.3. The molecule has 0 spiro atoms. The number of hydrogen-bond acceptors (Lipinski definition) is 4. The first-order valence-corrected chi connectivity index (χ1v) is 6.15. The van der Waals surface area contributed by atoms with Crippen molar-refractivity contribution in [3.05, 3.63) is 24.0 Å². The third kappa shape index (κ3) is 3.83. The van der Waals surface area contributed by atoms with E-state index in [2.05, 4.69) is 15.2 Å². The molecular weight excluding hydrogens is 234 g/mol. The van der Waals surface area contributed by atoms with E-state index in [1.807, 2.05) is 0 Å². The van der Waals surface area contributed by atoms with Gasteiger partial charge in [0.15, 0.2) is 0 Å². The maximum atomic E-state index is 11.6. The van der Waals surface area contributed by atoms with Crippen LogP contribution in [0.1, 0.15) is 10.4 Å². The van der Waals surface area contributed by atoms with E-state index in [9.17, 15) is 9.90 Å². The van der Waals surface area contributed by atoms with Gasteiger partial charge in [0.2, 0.25) is 0 Å². The van der Waals surface area contributed by atoms with E-state index < -0.39 is 6.10 Å². The molecule has 0 saturated carbocycles. The number of aliphatic hydroxyl groups excluding tert-OH is 1. The zero-order chi connectivity index (χ0) is 12.8. The van der Waals surface area contributed by atoms with Crippen LogP contribution in [0.4, 0.5) is 0 Å². The summed E-state index contributed by atoms with van der Waals surface area (Å²) in [7, 11) is 0. The number of H-pyrrole nitrogens is 1. The second kappa shape index (κ2) is 6.53. The zero-order valence-corrected chi connectivity index (χ0v) is 10.3. The average Bonchev–Trinajstić information content (AvgIpc) is 2.91. The number of aliphatic hydroxyl groups is 1. The molecule has 100 valence electrons. The SMILES string of the molecule is O=C(NCC(O)CN1CCOCC1)c1cc[nH]c1. The van der Waals surface area contributed by atoms with E-state index >= 15 is 0 Å². The molecule has 3 N–H and O–H groups in total. The van der Waals surface area contributed by atoms with Crippen molar-refractivity contribution in [2.75, 3.05) is 39.4 Å². The molecule has 2 rings (SSSR count). The van der Waals surface area contributed by atoms with Gasteiger partial charge in [-0.2, -0.15) is 0 Å². The van der Waals surface area contributed by atoms with Crippen molar-refractivity contribution < 1.29 is 14.6 Å². The van der Waals surface area contributed by atoms with Crippen molar-refractivity contribution in [2.24, 2.45) is 0 Å². The molecule has 1 atom stereocenters. The Bertz CT molecular complexity index is 361. The van der Waals surface area contributed by atoms with E-state index in [1.54, 1.807) is 18.5 Å². The highest BCUT2D eigenvalue weighted by molar-refractivity contribution is 5.93. The predicted molar refractivity (Wildman–Crippen MR) is 66.4 cm³/mol. The fourth-order valence-corrected chi connectivity index (χ4v) is 1.92. The Hall–Kier alpha value is -1.37. The summed E-state index contributed by atoms with van der Waals surface area (Å²) in [6, 6.07) is 1.70. The van der Waals surface area contributed by atoms with Crippen LogP contribution in [-0.2, 0) is 4.74 Å². The fraction of sp³-hybridized carbons (Fsp3) is 0.583. The second-order valence-corrected chi connectivity index (χ2v) is 4.38. The van der Waals surface area contributed by atoms with Crippen molar-refractivity contribution in [3.8, 4) is 0 Å². The summed E-state index contributed by atoms with van der Waals surface area (Å²) in [4.78, 5) is 16.6. The first kappa shape index (κ1) is 13.1. The number of ether oxygens (including phenoxy) is 1. The molecule has 0 aliphatic carbocycles. The number of hydrogen-bond donors (Lipinski definition) is 3. The van der Waals surface area contributed by atoms with Gasteiger partial charge in [-0.3, -0.25) is 9.69 Å². The van der Waals surface area contributed by atoms with Crippen LogP contribution < -0.4 is 5.32 Å². The molecule has 1 aromatic heterocycles. The molecule has 1 aliphatic rings. The van der Waals surface area contributed by atoms with Gasteiger partial charge in [0.1, 0.15) is 0 Å². The monoisotopic (exact) mass is 253 g/mol. The Kier molecular flexibility index (Phi) is 4.74. The van der Waals surface area contributed by atoms with Crippen molar-refractivity contribution in [3.63, 3.8) is 0 Å². The van der Waals surface area contributed by atoms with Crippen molar-refractivity contribution >= 4 is 5.91 Å². The van der Waals surface area contributed by atoms with Gasteiger partial charge in [0.05, 0.1) is 24.9 Å². The van der Waals surface area contributed by atoms with Gasteiger partial charge in [-0.15, -0.1) is 0 Å². The molecule has 2 heterocycles. The van der Waals surface area contributed by atoms with E-state index in [4.69, 9.17) is 4.74 Å². The number of β-amino-alcohol motifs (C(OH)–C–C–N with tert-alkyl or cyclic N) is 1. The lowest BCUT2D eigenvalue weighted by Gasteiger charge is -2.28. The summed E-state index contributed by atoms with van der Waals surface area (Å²) >= 11 is 0. The van der Waals surface area contributed by atoms with Crippen LogP contribution in [0.5, 0.6) is 0 Å². The first-order chi connectivity index (χ1) is 8.75. The van der Waals surface area contributed by atoms with E-state index in [1.165, 1.54) is 0 Å². The Labute approximate surface area is 106 Å². The number of nitrogens with zero attached hydrogens (tertiary/aromatic N) is 1. The molecule has 0 radical (unpaired) electrons. The minimum absolute atomic E-state index is 0.169. The Morgan fingerprint density at radius 2 is 2.33 bits per heavy atom. The second-order valence-electron chi connectivity index (χ2n) is 4.38. The lowest BCUT2D eigenvalue weighted by Crippen LogP contribution is -2.44. The van der Waals surface area contributed by atoms with Crippen molar-refractivity contribution in [2.45, 2.75) is 6.10 Å². The molecule has 1 fully saturated rings. The summed E-state index contributed by atoms with van der Waals surface area (Å²) in [6.07, 6.45) is 2.77. The topological polar surface area (TPSA) is 77.6 Å². The van der Waals surface area contributed by atoms with Crippen molar-refractivity contribution in [1.82, 2.24) is 15.2 Å². The molecule has 1 aromatic rings. The largest absolute Gasteiger partial charge is 0.390 e. The van der Waals surface area contributed by atoms with Gasteiger partial charge in [-0.25, -0.2) is 0 Å². The van der Waals surface area contributed by atoms with Crippen LogP contribution in [0.25, 0.3) is 0 Å². The van der Waals surface area contributed by atoms with Crippen LogP contribution in [0.3, 0.4) is 0 Å². The molecule has 18 heavy (non-hydrogen) atoms. The smallest absolute Gasteiger partial charge is 0.252 e. The summed E-state index contributed by atoms with van der Waals surface area (Å²) in [5, 5.41) is 12.6. The molecule has 1 unspecified atom stereocenters. The molecular formula is C12H19N3O3. The minimum atomic E-state index is -0.550. The third-order valence-electron chi connectivity index (χ3n) is 2.93. The lowest BCUT2D eigenvalue weighted by atomic mass is 10.2. The quantitative estimate of drug-likeness (QED) is 0.657. The number of rotatable bonds is 5. The third-order valence-corrected chi connectivity index (χ3v) is 2.93. The number of carbonyl (C=O) groups is 1. The Morgan fingerprint density at radius 1 is 1.56 bits per heavy atom. The molecule has 1 amide bonds. The molecule has 1 saturated heterocycles. The molecule has 0 bridgehead atoms. The van der Waals surface area contributed by atoms with E-state index in [0.717, 1.165) is 13.1 Å². The number of nitrogens with one attached hydrogen (secondary N) is 2. The van der Waals surface area contributed by atoms with Crippen LogP contribution in [-0.4, -0.2) is 66.4 Å². The Balaban J connectivity index is 1.68. The van der Waals surface area contributed by atoms with Gasteiger partial charge < -0.3 is 20.1 Å². The molecule has 1 aliphatic heterocycles. The van der Waals surface area contributed by atoms with E-state index in [-0.39, 0.29) is 12.5 Å². The fourth-order valence-electron chi connectivity index (χ4n) is 1.92. The first-order valence-electron chi connectivity index (χ1n) is 6.15. The number of carbonyl (C=O) groups excluding carboxylic acids is 1. The standard InChI is InChI=1S/C12H19N3O3/c16-11(9-15-3-5-18-6-4-15)8-14-12(17)10-1-2-13-7-10/h1-2,7,11,13,16H,3-6,8-9H2,(H,14,17). The van der Waals surface area contributed by atoms with Crippen LogP contribution in [0, 0.1) is 0 Å². The average molecular weight is 253 g/mol. The highest BCUT2D eigenvalue weighted by atomic mass is 16.5.